The number of sulfonamides is 1. The second-order valence-corrected chi connectivity index (χ2v) is 10.5. The van der Waals surface area contributed by atoms with Gasteiger partial charge in [0.15, 0.2) is 0 Å². The van der Waals surface area contributed by atoms with E-state index in [1.165, 1.54) is 4.31 Å². The molecule has 0 unspecified atom stereocenters. The molecule has 27 heavy (non-hydrogen) atoms. The Bertz CT molecular complexity index is 741. The monoisotopic (exact) mass is 414 g/mol. The lowest BCUT2D eigenvalue weighted by molar-refractivity contribution is -0.127. The Labute approximate surface area is 168 Å². The Morgan fingerprint density at radius 3 is 2.52 bits per heavy atom. The van der Waals surface area contributed by atoms with Gasteiger partial charge in [0.2, 0.25) is 15.9 Å². The van der Waals surface area contributed by atoms with Gasteiger partial charge in [-0.3, -0.25) is 4.79 Å². The normalized spacial score (nSPS) is 19.0. The van der Waals surface area contributed by atoms with E-state index in [9.17, 15) is 13.2 Å². The Balaban J connectivity index is 2.04. The second-order valence-electron chi connectivity index (χ2n) is 8.11. The minimum Gasteiger partial charge on any atom is -0.353 e. The molecule has 0 aliphatic carbocycles. The average molecular weight is 415 g/mol. The van der Waals surface area contributed by atoms with Gasteiger partial charge in [-0.25, -0.2) is 12.7 Å². The summed E-state index contributed by atoms with van der Waals surface area (Å²) in [6.45, 7) is 9.07. The summed E-state index contributed by atoms with van der Waals surface area (Å²) in [5, 5.41) is 3.66. The number of carbonyl (C=O) groups excluding carboxylic acids is 1. The highest BCUT2D eigenvalue weighted by Gasteiger charge is 2.33. The topological polar surface area (TPSA) is 66.5 Å². The predicted molar refractivity (Wildman–Crippen MR) is 110 cm³/mol. The number of amides is 1. The van der Waals surface area contributed by atoms with Crippen LogP contribution in [0.4, 0.5) is 0 Å². The van der Waals surface area contributed by atoms with Crippen LogP contribution in [-0.4, -0.2) is 37.8 Å². The number of halogens is 1. The van der Waals surface area contributed by atoms with Crippen LogP contribution < -0.4 is 5.32 Å². The number of hydrogen-bond donors (Lipinski definition) is 1. The molecular formula is C20H31ClN2O3S. The fourth-order valence-corrected chi connectivity index (χ4v) is 5.53. The van der Waals surface area contributed by atoms with Crippen molar-refractivity contribution >= 4 is 27.5 Å². The molecule has 0 aromatic heterocycles. The van der Waals surface area contributed by atoms with Gasteiger partial charge in [-0.15, -0.1) is 0 Å². The minimum atomic E-state index is -3.49. The minimum absolute atomic E-state index is 0.0370. The van der Waals surface area contributed by atoms with Gasteiger partial charge in [0.1, 0.15) is 0 Å². The van der Waals surface area contributed by atoms with Gasteiger partial charge < -0.3 is 5.32 Å². The molecule has 1 fully saturated rings. The first-order valence-electron chi connectivity index (χ1n) is 9.62. The third-order valence-electron chi connectivity index (χ3n) is 5.13. The molecule has 1 amide bonds. The van der Waals surface area contributed by atoms with E-state index in [2.05, 4.69) is 33.0 Å². The average Bonchev–Trinajstić information content (AvgIpc) is 2.58. The number of carbonyl (C=O) groups is 1. The van der Waals surface area contributed by atoms with E-state index in [0.717, 1.165) is 6.42 Å². The van der Waals surface area contributed by atoms with Gasteiger partial charge in [0, 0.05) is 24.2 Å². The van der Waals surface area contributed by atoms with Crippen LogP contribution in [0, 0.1) is 17.8 Å². The largest absolute Gasteiger partial charge is 0.353 e. The standard InChI is InChI=1S/C20H31ClN2O3S/c1-14(2)19(15(3)4)22-20(24)17-8-6-10-23(12-17)27(25,26)13-16-7-5-9-18(21)11-16/h5,7,9,11,14-15,17,19H,6,8,10,12-13H2,1-4H3,(H,22,24)/t17-/m0/s1. The molecular weight excluding hydrogens is 384 g/mol. The smallest absolute Gasteiger partial charge is 0.224 e. The molecule has 1 heterocycles. The number of hydrogen-bond acceptors (Lipinski definition) is 3. The van der Waals surface area contributed by atoms with E-state index in [-0.39, 0.29) is 30.2 Å². The zero-order valence-electron chi connectivity index (χ0n) is 16.6. The number of nitrogens with zero attached hydrogens (tertiary/aromatic N) is 1. The fourth-order valence-electron chi connectivity index (χ4n) is 3.72. The third kappa shape index (κ3) is 6.19. The number of nitrogens with one attached hydrogen (secondary N) is 1. The van der Waals surface area contributed by atoms with Crippen molar-refractivity contribution in [3.05, 3.63) is 34.9 Å². The number of rotatable bonds is 7. The Morgan fingerprint density at radius 1 is 1.26 bits per heavy atom. The van der Waals surface area contributed by atoms with Crippen LogP contribution in [0.15, 0.2) is 24.3 Å². The van der Waals surface area contributed by atoms with Crippen molar-refractivity contribution in [1.29, 1.82) is 0 Å². The Morgan fingerprint density at radius 2 is 1.93 bits per heavy atom. The van der Waals surface area contributed by atoms with Crippen LogP contribution in [0.2, 0.25) is 5.02 Å². The SMILES string of the molecule is CC(C)C(NC(=O)[C@H]1CCCN(S(=O)(=O)Cc2cccc(Cl)c2)C1)C(C)C. The van der Waals surface area contributed by atoms with Gasteiger partial charge in [-0.1, -0.05) is 51.4 Å². The maximum Gasteiger partial charge on any atom is 0.224 e. The van der Waals surface area contributed by atoms with Crippen molar-refractivity contribution in [3.63, 3.8) is 0 Å². The lowest BCUT2D eigenvalue weighted by Crippen LogP contribution is -2.50. The maximum atomic E-state index is 12.8. The van der Waals surface area contributed by atoms with Gasteiger partial charge >= 0.3 is 0 Å². The third-order valence-corrected chi connectivity index (χ3v) is 7.18. The van der Waals surface area contributed by atoms with E-state index < -0.39 is 10.0 Å². The first-order chi connectivity index (χ1) is 12.6. The molecule has 152 valence electrons. The summed E-state index contributed by atoms with van der Waals surface area (Å²) in [6, 6.07) is 6.99. The molecule has 0 radical (unpaired) electrons. The van der Waals surface area contributed by atoms with Gasteiger partial charge in [0.25, 0.3) is 0 Å². The highest BCUT2D eigenvalue weighted by Crippen LogP contribution is 2.23. The summed E-state index contributed by atoms with van der Waals surface area (Å²) in [4.78, 5) is 12.7. The predicted octanol–water partition coefficient (Wildman–Crippen LogP) is 3.68. The van der Waals surface area contributed by atoms with E-state index in [4.69, 9.17) is 11.6 Å². The van der Waals surface area contributed by atoms with Crippen LogP contribution in [0.5, 0.6) is 0 Å². The first-order valence-corrected chi connectivity index (χ1v) is 11.6. The van der Waals surface area contributed by atoms with Crippen molar-refractivity contribution in [2.75, 3.05) is 13.1 Å². The van der Waals surface area contributed by atoms with Crippen molar-refractivity contribution in [2.24, 2.45) is 17.8 Å². The van der Waals surface area contributed by atoms with E-state index in [1.54, 1.807) is 24.3 Å². The second kappa shape index (κ2) is 9.39. The van der Waals surface area contributed by atoms with Crippen molar-refractivity contribution < 1.29 is 13.2 Å². The molecule has 7 heteroatoms. The quantitative estimate of drug-likeness (QED) is 0.740. The first kappa shape index (κ1) is 22.2. The molecule has 1 N–H and O–H groups in total. The summed E-state index contributed by atoms with van der Waals surface area (Å²) in [7, 11) is -3.49. The van der Waals surface area contributed by atoms with Crippen LogP contribution in [-0.2, 0) is 20.6 Å². The molecule has 0 saturated carbocycles. The molecule has 1 saturated heterocycles. The fraction of sp³-hybridized carbons (Fsp3) is 0.650. The summed E-state index contributed by atoms with van der Waals surface area (Å²) >= 11 is 5.96. The van der Waals surface area contributed by atoms with Crippen LogP contribution in [0.1, 0.15) is 46.1 Å². The van der Waals surface area contributed by atoms with Crippen molar-refractivity contribution in [1.82, 2.24) is 9.62 Å². The molecule has 1 atom stereocenters. The van der Waals surface area contributed by atoms with Gasteiger partial charge in [0.05, 0.1) is 11.7 Å². The molecule has 1 aromatic rings. The highest BCUT2D eigenvalue weighted by molar-refractivity contribution is 7.88. The summed E-state index contributed by atoms with van der Waals surface area (Å²) in [6.07, 6.45) is 1.42. The molecule has 1 aliphatic rings. The number of piperidine rings is 1. The van der Waals surface area contributed by atoms with E-state index in [1.807, 2.05) is 0 Å². The molecule has 0 bridgehead atoms. The lowest BCUT2D eigenvalue weighted by Gasteiger charge is -2.33. The molecule has 5 nitrogen and oxygen atoms in total. The Kier molecular flexibility index (Phi) is 7.72. The Hall–Kier alpha value is -1.11. The molecule has 0 spiro atoms. The van der Waals surface area contributed by atoms with Crippen LogP contribution in [0.25, 0.3) is 0 Å². The van der Waals surface area contributed by atoms with Crippen LogP contribution >= 0.6 is 11.6 Å². The highest BCUT2D eigenvalue weighted by atomic mass is 35.5. The van der Waals surface area contributed by atoms with Gasteiger partial charge in [-0.2, -0.15) is 0 Å². The van der Waals surface area contributed by atoms with Crippen LogP contribution in [0.3, 0.4) is 0 Å². The van der Waals surface area contributed by atoms with Crippen molar-refractivity contribution in [2.45, 2.75) is 52.3 Å². The zero-order chi connectivity index (χ0) is 20.2. The number of benzene rings is 1. The van der Waals surface area contributed by atoms with E-state index >= 15 is 0 Å². The zero-order valence-corrected chi connectivity index (χ0v) is 18.2. The molecule has 1 aliphatic heterocycles. The summed E-state index contributed by atoms with van der Waals surface area (Å²) in [5.41, 5.74) is 0.661. The molecule has 2 rings (SSSR count). The lowest BCUT2D eigenvalue weighted by atomic mass is 9.91. The van der Waals surface area contributed by atoms with Crippen molar-refractivity contribution in [3.8, 4) is 0 Å². The maximum absolute atomic E-state index is 12.8. The molecule has 1 aromatic carbocycles. The van der Waals surface area contributed by atoms with Gasteiger partial charge in [-0.05, 0) is 42.4 Å². The van der Waals surface area contributed by atoms with E-state index in [0.29, 0.717) is 35.4 Å². The summed E-state index contributed by atoms with van der Waals surface area (Å²) in [5.74, 6) is 0.237. The summed E-state index contributed by atoms with van der Waals surface area (Å²) < 4.78 is 27.1.